The molecule has 0 bridgehead atoms. The van der Waals surface area contributed by atoms with Crippen LogP contribution >= 0.6 is 0 Å². The molecule has 1 fully saturated rings. The first kappa shape index (κ1) is 14.0. The van der Waals surface area contributed by atoms with Crippen molar-refractivity contribution >= 4 is 5.78 Å². The van der Waals surface area contributed by atoms with Crippen molar-refractivity contribution in [2.75, 3.05) is 7.11 Å². The molecule has 0 heterocycles. The summed E-state index contributed by atoms with van der Waals surface area (Å²) in [5.74, 6) is 3.03. The minimum Gasteiger partial charge on any atom is -0.497 e. The maximum Gasteiger partial charge on any atom is 0.162 e. The van der Waals surface area contributed by atoms with Crippen LogP contribution in [0.1, 0.15) is 50.2 Å². The van der Waals surface area contributed by atoms with E-state index in [1.54, 1.807) is 7.11 Å². The molecule has 0 radical (unpaired) electrons. The predicted molar refractivity (Wildman–Crippen MR) is 87.1 cm³/mol. The highest BCUT2D eigenvalue weighted by molar-refractivity contribution is 5.98. The van der Waals surface area contributed by atoms with Crippen LogP contribution in [0.3, 0.4) is 0 Å². The van der Waals surface area contributed by atoms with Gasteiger partial charge in [0.1, 0.15) is 5.75 Å². The van der Waals surface area contributed by atoms with Gasteiger partial charge in [-0.2, -0.15) is 0 Å². The van der Waals surface area contributed by atoms with Gasteiger partial charge < -0.3 is 4.74 Å². The molecule has 3 aliphatic carbocycles. The number of hydrogen-bond donors (Lipinski definition) is 0. The molecule has 1 aromatic rings. The number of allylic oxidation sites excluding steroid dienone is 2. The summed E-state index contributed by atoms with van der Waals surface area (Å²) in [6.45, 7) is 4.37. The van der Waals surface area contributed by atoms with Gasteiger partial charge in [0.15, 0.2) is 5.78 Å². The smallest absolute Gasteiger partial charge is 0.162 e. The van der Waals surface area contributed by atoms with Gasteiger partial charge in [-0.25, -0.2) is 0 Å². The summed E-state index contributed by atoms with van der Waals surface area (Å²) in [6.07, 6.45) is 6.41. The van der Waals surface area contributed by atoms with Crippen LogP contribution in [-0.2, 0) is 11.2 Å². The van der Waals surface area contributed by atoms with Gasteiger partial charge in [-0.05, 0) is 79.7 Å². The summed E-state index contributed by atoms with van der Waals surface area (Å²) < 4.78 is 5.38. The fourth-order valence-electron chi connectivity index (χ4n) is 5.47. The molecule has 22 heavy (non-hydrogen) atoms. The Balaban J connectivity index is 1.74. The number of hydrogen-bond acceptors (Lipinski definition) is 2. The van der Waals surface area contributed by atoms with E-state index < -0.39 is 0 Å². The van der Waals surface area contributed by atoms with Crippen LogP contribution in [0.5, 0.6) is 5.75 Å². The maximum absolute atomic E-state index is 12.5. The number of rotatable bonds is 1. The maximum atomic E-state index is 12.5. The first-order chi connectivity index (χ1) is 10.5. The molecule has 4 atom stereocenters. The second kappa shape index (κ2) is 4.71. The number of benzene rings is 1. The molecule has 0 aromatic heterocycles. The van der Waals surface area contributed by atoms with Gasteiger partial charge in [0.25, 0.3) is 0 Å². The van der Waals surface area contributed by atoms with E-state index >= 15 is 0 Å². The third-order valence-electron chi connectivity index (χ3n) is 6.51. The highest BCUT2D eigenvalue weighted by Gasteiger charge is 2.54. The van der Waals surface area contributed by atoms with Crippen molar-refractivity contribution in [3.8, 4) is 5.75 Å². The molecule has 1 aromatic carbocycles. The van der Waals surface area contributed by atoms with Crippen molar-refractivity contribution in [3.05, 3.63) is 41.0 Å². The van der Waals surface area contributed by atoms with Crippen LogP contribution in [0.15, 0.2) is 29.8 Å². The third-order valence-corrected chi connectivity index (χ3v) is 6.51. The van der Waals surface area contributed by atoms with E-state index in [9.17, 15) is 4.79 Å². The lowest BCUT2D eigenvalue weighted by molar-refractivity contribution is -0.127. The zero-order valence-corrected chi connectivity index (χ0v) is 13.7. The molecule has 0 amide bonds. The third kappa shape index (κ3) is 1.76. The van der Waals surface area contributed by atoms with Gasteiger partial charge in [-0.1, -0.05) is 18.6 Å². The molecule has 0 saturated heterocycles. The second-order valence-electron chi connectivity index (χ2n) is 7.56. The van der Waals surface area contributed by atoms with E-state index in [0.29, 0.717) is 23.5 Å². The van der Waals surface area contributed by atoms with E-state index in [1.165, 1.54) is 23.1 Å². The Hall–Kier alpha value is -1.57. The van der Waals surface area contributed by atoms with Crippen LogP contribution in [0, 0.1) is 17.3 Å². The Morgan fingerprint density at radius 3 is 2.86 bits per heavy atom. The summed E-state index contributed by atoms with van der Waals surface area (Å²) in [6, 6.07) is 6.57. The van der Waals surface area contributed by atoms with Crippen LogP contribution in [0.25, 0.3) is 0 Å². The molecule has 0 unspecified atom stereocenters. The molecule has 2 heteroatoms. The van der Waals surface area contributed by atoms with Crippen molar-refractivity contribution in [1.82, 2.24) is 0 Å². The summed E-state index contributed by atoms with van der Waals surface area (Å²) in [5.41, 5.74) is 4.15. The monoisotopic (exact) mass is 296 g/mol. The molecule has 0 N–H and O–H groups in total. The molecular formula is C20H24O2. The number of fused-ring (bicyclic) bond motifs is 5. The highest BCUT2D eigenvalue weighted by Crippen LogP contribution is 2.59. The van der Waals surface area contributed by atoms with E-state index in [4.69, 9.17) is 4.74 Å². The zero-order chi connectivity index (χ0) is 15.5. The van der Waals surface area contributed by atoms with Crippen LogP contribution in [0.2, 0.25) is 0 Å². The van der Waals surface area contributed by atoms with Crippen LogP contribution in [0.4, 0.5) is 0 Å². The van der Waals surface area contributed by atoms with Gasteiger partial charge in [0.05, 0.1) is 7.11 Å². The van der Waals surface area contributed by atoms with E-state index in [2.05, 4.69) is 32.0 Å². The summed E-state index contributed by atoms with van der Waals surface area (Å²) in [7, 11) is 1.73. The number of carbonyl (C=O) groups excluding carboxylic acids is 1. The Kier molecular flexibility index (Phi) is 3.01. The largest absolute Gasteiger partial charge is 0.497 e. The summed E-state index contributed by atoms with van der Waals surface area (Å²) in [4.78, 5) is 12.5. The molecule has 4 rings (SSSR count). The Labute approximate surface area is 132 Å². The van der Waals surface area contributed by atoms with E-state index in [0.717, 1.165) is 25.0 Å². The first-order valence-electron chi connectivity index (χ1n) is 8.44. The van der Waals surface area contributed by atoms with Crippen LogP contribution in [-0.4, -0.2) is 12.9 Å². The molecule has 2 nitrogen and oxygen atoms in total. The Morgan fingerprint density at radius 2 is 2.09 bits per heavy atom. The Morgan fingerprint density at radius 1 is 1.27 bits per heavy atom. The van der Waals surface area contributed by atoms with Crippen molar-refractivity contribution in [2.45, 2.75) is 45.4 Å². The fraction of sp³-hybridized carbons (Fsp3) is 0.550. The van der Waals surface area contributed by atoms with Gasteiger partial charge in [-0.15, -0.1) is 0 Å². The number of carbonyl (C=O) groups is 1. The number of methoxy groups -OCH3 is 1. The topological polar surface area (TPSA) is 26.3 Å². The molecule has 1 saturated carbocycles. The molecule has 116 valence electrons. The Bertz CT molecular complexity index is 672. The van der Waals surface area contributed by atoms with Crippen molar-refractivity contribution in [1.29, 1.82) is 0 Å². The van der Waals surface area contributed by atoms with Crippen molar-refractivity contribution in [2.24, 2.45) is 17.3 Å². The lowest BCUT2D eigenvalue weighted by atomic mass is 9.54. The quantitative estimate of drug-likeness (QED) is 0.773. The number of aryl methyl sites for hydroxylation is 1. The standard InChI is InChI=1S/C20H24O2/c1-12-10-18(21)20(2)9-8-16-15-7-5-14(22-3)11-13(15)4-6-17(16)19(12)20/h5,7,10-11,16-17,19H,4,6,8-9H2,1-3H3/t16-,17-,19-,20-/m1/s1. The lowest BCUT2D eigenvalue weighted by Gasteiger charge is -2.49. The van der Waals surface area contributed by atoms with E-state index in [-0.39, 0.29) is 5.41 Å². The summed E-state index contributed by atoms with van der Waals surface area (Å²) in [5, 5.41) is 0. The normalized spacial score (nSPS) is 36.2. The van der Waals surface area contributed by atoms with Gasteiger partial charge >= 0.3 is 0 Å². The second-order valence-corrected chi connectivity index (χ2v) is 7.56. The van der Waals surface area contributed by atoms with Crippen LogP contribution < -0.4 is 4.74 Å². The average molecular weight is 296 g/mol. The first-order valence-corrected chi connectivity index (χ1v) is 8.44. The fourth-order valence-corrected chi connectivity index (χ4v) is 5.47. The minimum atomic E-state index is -0.130. The van der Waals surface area contributed by atoms with Crippen molar-refractivity contribution in [3.63, 3.8) is 0 Å². The van der Waals surface area contributed by atoms with Gasteiger partial charge in [0, 0.05) is 5.41 Å². The molecule has 0 aliphatic heterocycles. The average Bonchev–Trinajstić information content (AvgIpc) is 2.76. The number of ether oxygens (including phenoxy) is 1. The molecule has 3 aliphatic rings. The molecular weight excluding hydrogens is 272 g/mol. The highest BCUT2D eigenvalue weighted by atomic mass is 16.5. The zero-order valence-electron chi connectivity index (χ0n) is 13.7. The van der Waals surface area contributed by atoms with E-state index in [1.807, 2.05) is 6.08 Å². The predicted octanol–water partition coefficient (Wildman–Crippen LogP) is 4.29. The SMILES string of the molecule is COc1ccc2c(c1)CC[C@@H]1[C@@H]2CC[C@]2(C)C(=O)C=C(C)[C@H]12. The number of ketones is 1. The lowest BCUT2D eigenvalue weighted by Crippen LogP contribution is -2.43. The minimum absolute atomic E-state index is 0.130. The van der Waals surface area contributed by atoms with Gasteiger partial charge in [-0.3, -0.25) is 4.79 Å². The molecule has 0 spiro atoms. The van der Waals surface area contributed by atoms with Crippen molar-refractivity contribution < 1.29 is 9.53 Å². The summed E-state index contributed by atoms with van der Waals surface area (Å²) >= 11 is 0. The van der Waals surface area contributed by atoms with Gasteiger partial charge in [0.2, 0.25) is 0 Å².